The van der Waals surface area contributed by atoms with Gasteiger partial charge in [-0.3, -0.25) is 4.99 Å². The summed E-state index contributed by atoms with van der Waals surface area (Å²) in [5.41, 5.74) is 2.33. The molecule has 0 aliphatic carbocycles. The van der Waals surface area contributed by atoms with E-state index in [9.17, 15) is 13.2 Å². The first-order chi connectivity index (χ1) is 10.0. The van der Waals surface area contributed by atoms with Crippen molar-refractivity contribution in [2.45, 2.75) is 12.6 Å². The quantitative estimate of drug-likeness (QED) is 0.346. The molecule has 1 aromatic rings. The molecule has 0 amide bonds. The fraction of sp³-hybridized carbons (Fsp3) is 0.500. The van der Waals surface area contributed by atoms with Crippen molar-refractivity contribution < 1.29 is 17.9 Å². The van der Waals surface area contributed by atoms with Gasteiger partial charge in [-0.05, 0) is 18.1 Å². The predicted octanol–water partition coefficient (Wildman–Crippen LogP) is 2.82. The Morgan fingerprint density at radius 2 is 2.09 bits per heavy atom. The van der Waals surface area contributed by atoms with Crippen LogP contribution in [0.25, 0.3) is 0 Å². The molecule has 0 bridgehead atoms. The van der Waals surface area contributed by atoms with Gasteiger partial charge in [-0.25, -0.2) is 0 Å². The van der Waals surface area contributed by atoms with Crippen LogP contribution in [-0.2, 0) is 11.2 Å². The van der Waals surface area contributed by atoms with Gasteiger partial charge in [0.2, 0.25) is 0 Å². The molecule has 0 spiro atoms. The summed E-state index contributed by atoms with van der Waals surface area (Å²) in [7, 11) is 1.65. The number of hydrogen-bond acceptors (Lipinski definition) is 2. The minimum absolute atomic E-state index is 0. The minimum Gasteiger partial charge on any atom is -0.370 e. The number of anilines is 1. The van der Waals surface area contributed by atoms with Gasteiger partial charge in [0.15, 0.2) is 5.96 Å². The average molecular weight is 429 g/mol. The molecule has 1 aliphatic heterocycles. The van der Waals surface area contributed by atoms with Gasteiger partial charge in [-0.15, -0.1) is 24.0 Å². The maximum absolute atomic E-state index is 11.9. The van der Waals surface area contributed by atoms with Gasteiger partial charge in [0.25, 0.3) is 0 Å². The molecule has 0 radical (unpaired) electrons. The molecule has 0 aromatic heterocycles. The van der Waals surface area contributed by atoms with Gasteiger partial charge in [0, 0.05) is 25.8 Å². The first-order valence-corrected chi connectivity index (χ1v) is 6.72. The van der Waals surface area contributed by atoms with Crippen LogP contribution in [-0.4, -0.2) is 45.5 Å². The lowest BCUT2D eigenvalue weighted by Crippen LogP contribution is -2.42. The van der Waals surface area contributed by atoms with Crippen molar-refractivity contribution in [3.63, 3.8) is 0 Å². The fourth-order valence-corrected chi connectivity index (χ4v) is 2.28. The topological polar surface area (TPSA) is 36.9 Å². The minimum atomic E-state index is -4.28. The van der Waals surface area contributed by atoms with Crippen molar-refractivity contribution in [1.82, 2.24) is 5.32 Å². The molecular weight excluding hydrogens is 410 g/mol. The third-order valence-electron chi connectivity index (χ3n) is 3.15. The summed E-state index contributed by atoms with van der Waals surface area (Å²) in [4.78, 5) is 6.20. The first kappa shape index (κ1) is 19.0. The first-order valence-electron chi connectivity index (χ1n) is 6.72. The van der Waals surface area contributed by atoms with E-state index in [4.69, 9.17) is 0 Å². The monoisotopic (exact) mass is 429 g/mol. The zero-order valence-electron chi connectivity index (χ0n) is 12.2. The molecule has 8 heteroatoms. The van der Waals surface area contributed by atoms with Crippen molar-refractivity contribution >= 4 is 35.6 Å². The van der Waals surface area contributed by atoms with E-state index in [1.54, 1.807) is 7.05 Å². The van der Waals surface area contributed by atoms with Crippen LogP contribution in [0.1, 0.15) is 5.56 Å². The Kier molecular flexibility index (Phi) is 7.40. The fourth-order valence-electron chi connectivity index (χ4n) is 2.28. The Morgan fingerprint density at radius 3 is 2.77 bits per heavy atom. The van der Waals surface area contributed by atoms with Gasteiger partial charge in [-0.1, -0.05) is 18.2 Å². The summed E-state index contributed by atoms with van der Waals surface area (Å²) in [6, 6.07) is 8.02. The maximum Gasteiger partial charge on any atom is 0.411 e. The third-order valence-corrected chi connectivity index (χ3v) is 3.15. The maximum atomic E-state index is 11.9. The molecule has 1 N–H and O–H groups in total. The van der Waals surface area contributed by atoms with E-state index in [1.165, 1.54) is 5.56 Å². The number of benzene rings is 1. The third kappa shape index (κ3) is 5.31. The Hall–Kier alpha value is -1.03. The van der Waals surface area contributed by atoms with E-state index in [2.05, 4.69) is 21.1 Å². The van der Waals surface area contributed by atoms with Crippen molar-refractivity contribution in [1.29, 1.82) is 0 Å². The molecule has 1 heterocycles. The van der Waals surface area contributed by atoms with Crippen molar-refractivity contribution in [3.05, 3.63) is 29.8 Å². The molecule has 4 nitrogen and oxygen atoms in total. The number of para-hydroxylation sites is 1. The molecule has 1 aliphatic rings. The second kappa shape index (κ2) is 8.56. The largest absolute Gasteiger partial charge is 0.411 e. The zero-order chi connectivity index (χ0) is 15.3. The number of alkyl halides is 3. The summed E-state index contributed by atoms with van der Waals surface area (Å²) in [5, 5.41) is 3.02. The van der Waals surface area contributed by atoms with Crippen molar-refractivity contribution in [2.75, 3.05) is 38.3 Å². The van der Waals surface area contributed by atoms with E-state index in [1.807, 2.05) is 23.1 Å². The number of nitrogens with one attached hydrogen (secondary N) is 1. The number of nitrogens with zero attached hydrogens (tertiary/aromatic N) is 2. The van der Waals surface area contributed by atoms with E-state index < -0.39 is 12.8 Å². The average Bonchev–Trinajstić information content (AvgIpc) is 2.86. The summed E-state index contributed by atoms with van der Waals surface area (Å²) in [5.74, 6) is 0.649. The molecule has 0 atom stereocenters. The van der Waals surface area contributed by atoms with E-state index in [0.29, 0.717) is 5.96 Å². The lowest BCUT2D eigenvalue weighted by Gasteiger charge is -2.22. The van der Waals surface area contributed by atoms with Gasteiger partial charge in [0.1, 0.15) is 6.61 Å². The second-order valence-electron chi connectivity index (χ2n) is 4.67. The van der Waals surface area contributed by atoms with Crippen LogP contribution in [0.5, 0.6) is 0 Å². The molecule has 2 rings (SSSR count). The van der Waals surface area contributed by atoms with Crippen LogP contribution in [0.15, 0.2) is 29.3 Å². The van der Waals surface area contributed by atoms with Crippen molar-refractivity contribution in [2.24, 2.45) is 4.99 Å². The van der Waals surface area contributed by atoms with Gasteiger partial charge in [0.05, 0.1) is 6.61 Å². The smallest absolute Gasteiger partial charge is 0.370 e. The van der Waals surface area contributed by atoms with Crippen LogP contribution in [0.2, 0.25) is 0 Å². The highest BCUT2D eigenvalue weighted by Crippen LogP contribution is 2.27. The van der Waals surface area contributed by atoms with Crippen LogP contribution in [0, 0.1) is 0 Å². The van der Waals surface area contributed by atoms with E-state index >= 15 is 0 Å². The second-order valence-corrected chi connectivity index (χ2v) is 4.67. The highest BCUT2D eigenvalue weighted by atomic mass is 127. The summed E-state index contributed by atoms with van der Waals surface area (Å²) >= 11 is 0. The SMILES string of the molecule is CN=C(NCCOCC(F)(F)F)N1CCc2ccccc21.I. The number of guanidine groups is 1. The Balaban J connectivity index is 0.00000242. The highest BCUT2D eigenvalue weighted by molar-refractivity contribution is 14.0. The molecule has 0 fully saturated rings. The molecule has 0 saturated heterocycles. The lowest BCUT2D eigenvalue weighted by atomic mass is 10.2. The number of ether oxygens (including phenoxy) is 1. The summed E-state index contributed by atoms with van der Waals surface area (Å²) in [6.07, 6.45) is -3.35. The number of rotatable bonds is 4. The van der Waals surface area contributed by atoms with Crippen LogP contribution < -0.4 is 10.2 Å². The molecule has 0 saturated carbocycles. The number of aliphatic imine (C=N–C) groups is 1. The predicted molar refractivity (Wildman–Crippen MR) is 91.1 cm³/mol. The Bertz CT molecular complexity index is 508. The van der Waals surface area contributed by atoms with E-state index in [0.717, 1.165) is 18.7 Å². The lowest BCUT2D eigenvalue weighted by molar-refractivity contribution is -0.173. The van der Waals surface area contributed by atoms with Gasteiger partial charge >= 0.3 is 6.18 Å². The van der Waals surface area contributed by atoms with Crippen LogP contribution >= 0.6 is 24.0 Å². The Labute approximate surface area is 144 Å². The zero-order valence-corrected chi connectivity index (χ0v) is 14.5. The van der Waals surface area contributed by atoms with Crippen molar-refractivity contribution in [3.8, 4) is 0 Å². The van der Waals surface area contributed by atoms with Gasteiger partial charge in [-0.2, -0.15) is 13.2 Å². The Morgan fingerprint density at radius 1 is 1.36 bits per heavy atom. The normalized spacial score (nSPS) is 14.5. The molecule has 124 valence electrons. The van der Waals surface area contributed by atoms with Crippen LogP contribution in [0.3, 0.4) is 0 Å². The number of hydrogen-bond donors (Lipinski definition) is 1. The summed E-state index contributed by atoms with van der Waals surface area (Å²) < 4.78 is 40.4. The summed E-state index contributed by atoms with van der Waals surface area (Å²) in [6.45, 7) is -0.155. The number of halogens is 4. The highest BCUT2D eigenvalue weighted by Gasteiger charge is 2.27. The molecule has 0 unspecified atom stereocenters. The van der Waals surface area contributed by atoms with Crippen LogP contribution in [0.4, 0.5) is 18.9 Å². The molecular formula is C14H19F3IN3O. The molecule has 22 heavy (non-hydrogen) atoms. The molecule has 1 aromatic carbocycles. The van der Waals surface area contributed by atoms with E-state index in [-0.39, 0.29) is 37.1 Å². The van der Waals surface area contributed by atoms with Gasteiger partial charge < -0.3 is 15.0 Å². The standard InChI is InChI=1S/C14H18F3N3O.HI/c1-18-13(19-7-9-21-10-14(15,16)17)20-8-6-11-4-2-3-5-12(11)20;/h2-5H,6-10H2,1H3,(H,18,19);1H. The number of fused-ring (bicyclic) bond motifs is 1.